The van der Waals surface area contributed by atoms with Crippen LogP contribution in [0, 0.1) is 0 Å². The van der Waals surface area contributed by atoms with Gasteiger partial charge in [0.2, 0.25) is 0 Å². The van der Waals surface area contributed by atoms with Gasteiger partial charge in [-0.05, 0) is 23.8 Å². The van der Waals surface area contributed by atoms with Crippen LogP contribution in [-0.2, 0) is 16.1 Å². The summed E-state index contributed by atoms with van der Waals surface area (Å²) < 4.78 is 10.4. The number of pyridine rings is 1. The van der Waals surface area contributed by atoms with E-state index in [1.807, 2.05) is 18.3 Å². The van der Waals surface area contributed by atoms with E-state index in [1.54, 1.807) is 24.4 Å². The van der Waals surface area contributed by atoms with Gasteiger partial charge in [-0.3, -0.25) is 9.88 Å². The number of anilines is 1. The fraction of sp³-hybridized carbons (Fsp3) is 0.350. The van der Waals surface area contributed by atoms with E-state index in [2.05, 4.69) is 20.5 Å². The number of hydrogen-bond donors (Lipinski definition) is 2. The Morgan fingerprint density at radius 1 is 1.25 bits per heavy atom. The molecule has 8 heteroatoms. The third-order valence-corrected chi connectivity index (χ3v) is 4.96. The van der Waals surface area contributed by atoms with Crippen molar-refractivity contribution >= 4 is 17.7 Å². The number of rotatable bonds is 5. The molecule has 3 heterocycles. The number of urea groups is 1. The lowest BCUT2D eigenvalue weighted by atomic mass is 10.1. The minimum absolute atomic E-state index is 0.0124. The summed E-state index contributed by atoms with van der Waals surface area (Å²) in [6.07, 6.45) is 3.56. The van der Waals surface area contributed by atoms with Crippen LogP contribution < -0.4 is 10.6 Å². The molecule has 1 atom stereocenters. The minimum atomic E-state index is -0.358. The van der Waals surface area contributed by atoms with Crippen LogP contribution in [0.3, 0.4) is 0 Å². The normalized spacial score (nSPS) is 17.5. The molecular weight excluding hydrogens is 360 g/mol. The average molecular weight is 382 g/mol. The van der Waals surface area contributed by atoms with E-state index < -0.39 is 0 Å². The van der Waals surface area contributed by atoms with Crippen molar-refractivity contribution in [1.82, 2.24) is 15.2 Å². The smallest absolute Gasteiger partial charge is 0.338 e. The summed E-state index contributed by atoms with van der Waals surface area (Å²) in [5.74, 6) is -0.358. The number of nitrogens with one attached hydrogen (secondary N) is 2. The summed E-state index contributed by atoms with van der Waals surface area (Å²) in [5.41, 5.74) is 2.93. The molecule has 2 aliphatic rings. The maximum Gasteiger partial charge on any atom is 0.338 e. The van der Waals surface area contributed by atoms with Crippen LogP contribution in [0.1, 0.15) is 27.5 Å². The second-order valence-corrected chi connectivity index (χ2v) is 6.73. The molecule has 1 aromatic carbocycles. The molecule has 1 saturated heterocycles. The Kier molecular flexibility index (Phi) is 5.50. The number of benzene rings is 1. The van der Waals surface area contributed by atoms with Crippen LogP contribution in [0.4, 0.5) is 10.5 Å². The van der Waals surface area contributed by atoms with Crippen LogP contribution in [0.25, 0.3) is 0 Å². The topological polar surface area (TPSA) is 92.8 Å². The lowest BCUT2D eigenvalue weighted by Crippen LogP contribution is -2.44. The van der Waals surface area contributed by atoms with Crippen molar-refractivity contribution in [2.24, 2.45) is 0 Å². The summed E-state index contributed by atoms with van der Waals surface area (Å²) >= 11 is 0. The monoisotopic (exact) mass is 382 g/mol. The molecule has 0 radical (unpaired) electrons. The van der Waals surface area contributed by atoms with Gasteiger partial charge in [-0.2, -0.15) is 0 Å². The van der Waals surface area contributed by atoms with E-state index in [9.17, 15) is 9.59 Å². The van der Waals surface area contributed by atoms with Crippen LogP contribution in [0.15, 0.2) is 42.7 Å². The number of ether oxygens (including phenoxy) is 2. The predicted molar refractivity (Wildman–Crippen MR) is 102 cm³/mol. The highest BCUT2D eigenvalue weighted by molar-refractivity contribution is 5.96. The van der Waals surface area contributed by atoms with Gasteiger partial charge in [0.1, 0.15) is 6.61 Å². The third-order valence-electron chi connectivity index (χ3n) is 4.96. The Morgan fingerprint density at radius 3 is 2.89 bits per heavy atom. The van der Waals surface area contributed by atoms with Gasteiger partial charge in [-0.1, -0.05) is 12.1 Å². The number of amides is 2. The molecule has 0 saturated carbocycles. The van der Waals surface area contributed by atoms with Crippen molar-refractivity contribution in [2.75, 3.05) is 38.2 Å². The summed E-state index contributed by atoms with van der Waals surface area (Å²) in [4.78, 5) is 30.6. The lowest BCUT2D eigenvalue weighted by molar-refractivity contribution is 0.0167. The lowest BCUT2D eigenvalue weighted by Gasteiger charge is -2.34. The van der Waals surface area contributed by atoms with Gasteiger partial charge in [0.15, 0.2) is 0 Å². The standard InChI is InChI=1S/C20H22N4O4/c25-19-17-10-16(4-3-15(17)13-28-19)23-20(26)22-12-18(14-2-1-5-21-11-14)24-6-8-27-9-7-24/h1-5,10-11,18H,6-9,12-13H2,(H2,22,23,26)/t18-/m0/s1. The maximum atomic E-state index is 12.4. The number of aromatic nitrogens is 1. The first-order chi connectivity index (χ1) is 13.7. The first-order valence-electron chi connectivity index (χ1n) is 9.27. The van der Waals surface area contributed by atoms with Crippen LogP contribution in [0.5, 0.6) is 0 Å². The maximum absolute atomic E-state index is 12.4. The highest BCUT2D eigenvalue weighted by atomic mass is 16.5. The Balaban J connectivity index is 1.40. The van der Waals surface area contributed by atoms with E-state index in [1.165, 1.54) is 0 Å². The number of hydrogen-bond acceptors (Lipinski definition) is 6. The molecule has 4 rings (SSSR count). The number of fused-ring (bicyclic) bond motifs is 1. The number of cyclic esters (lactones) is 1. The highest BCUT2D eigenvalue weighted by Crippen LogP contribution is 2.24. The number of esters is 1. The first kappa shape index (κ1) is 18.4. The van der Waals surface area contributed by atoms with E-state index in [-0.39, 0.29) is 24.6 Å². The van der Waals surface area contributed by atoms with Crippen molar-refractivity contribution in [2.45, 2.75) is 12.6 Å². The van der Waals surface area contributed by atoms with Crippen molar-refractivity contribution < 1.29 is 19.1 Å². The van der Waals surface area contributed by atoms with E-state index in [0.717, 1.165) is 24.2 Å². The zero-order chi connectivity index (χ0) is 19.3. The zero-order valence-electron chi connectivity index (χ0n) is 15.4. The van der Waals surface area contributed by atoms with Gasteiger partial charge in [0, 0.05) is 43.3 Å². The Morgan fingerprint density at radius 2 is 2.11 bits per heavy atom. The first-order valence-corrected chi connectivity index (χ1v) is 9.27. The van der Waals surface area contributed by atoms with Gasteiger partial charge in [-0.15, -0.1) is 0 Å². The Bertz CT molecular complexity index is 853. The predicted octanol–water partition coefficient (Wildman–Crippen LogP) is 1.95. The number of morpholine rings is 1. The minimum Gasteiger partial charge on any atom is -0.457 e. The Labute approximate surface area is 162 Å². The second kappa shape index (κ2) is 8.37. The highest BCUT2D eigenvalue weighted by Gasteiger charge is 2.24. The molecule has 0 spiro atoms. The van der Waals surface area contributed by atoms with Crippen LogP contribution in [-0.4, -0.2) is 54.7 Å². The van der Waals surface area contributed by atoms with Gasteiger partial charge in [-0.25, -0.2) is 9.59 Å². The SMILES string of the molecule is O=C(NC[C@@H](c1cccnc1)N1CCOCC1)Nc1ccc2c(c1)C(=O)OC2. The molecule has 2 amide bonds. The van der Waals surface area contributed by atoms with Gasteiger partial charge >= 0.3 is 12.0 Å². The molecular formula is C20H22N4O4. The van der Waals surface area contributed by atoms with Gasteiger partial charge in [0.25, 0.3) is 0 Å². The molecule has 8 nitrogen and oxygen atoms in total. The van der Waals surface area contributed by atoms with Crippen molar-refractivity contribution in [3.05, 3.63) is 59.4 Å². The molecule has 0 aliphatic carbocycles. The van der Waals surface area contributed by atoms with E-state index >= 15 is 0 Å². The number of nitrogens with zero attached hydrogens (tertiary/aromatic N) is 2. The van der Waals surface area contributed by atoms with E-state index in [4.69, 9.17) is 9.47 Å². The van der Waals surface area contributed by atoms with Crippen LogP contribution >= 0.6 is 0 Å². The van der Waals surface area contributed by atoms with Crippen molar-refractivity contribution in [3.63, 3.8) is 0 Å². The average Bonchev–Trinajstić information content (AvgIpc) is 3.10. The third kappa shape index (κ3) is 4.13. The summed E-state index contributed by atoms with van der Waals surface area (Å²) in [6.45, 7) is 3.67. The molecule has 0 unspecified atom stereocenters. The summed E-state index contributed by atoms with van der Waals surface area (Å²) in [7, 11) is 0. The molecule has 2 aliphatic heterocycles. The number of carbonyl (C=O) groups is 2. The number of carbonyl (C=O) groups excluding carboxylic acids is 2. The van der Waals surface area contributed by atoms with Crippen molar-refractivity contribution in [1.29, 1.82) is 0 Å². The quantitative estimate of drug-likeness (QED) is 0.768. The molecule has 28 heavy (non-hydrogen) atoms. The van der Waals surface area contributed by atoms with Gasteiger partial charge in [0.05, 0.1) is 24.8 Å². The van der Waals surface area contributed by atoms with E-state index in [0.29, 0.717) is 31.0 Å². The molecule has 146 valence electrons. The summed E-state index contributed by atoms with van der Waals surface area (Å²) in [5, 5.41) is 5.71. The second-order valence-electron chi connectivity index (χ2n) is 6.73. The Hall–Kier alpha value is -2.97. The fourth-order valence-corrected chi connectivity index (χ4v) is 3.48. The van der Waals surface area contributed by atoms with Crippen LogP contribution in [0.2, 0.25) is 0 Å². The molecule has 1 fully saturated rings. The largest absolute Gasteiger partial charge is 0.457 e. The van der Waals surface area contributed by atoms with Crippen molar-refractivity contribution in [3.8, 4) is 0 Å². The van der Waals surface area contributed by atoms with Gasteiger partial charge < -0.3 is 20.1 Å². The molecule has 2 N–H and O–H groups in total. The fourth-order valence-electron chi connectivity index (χ4n) is 3.48. The molecule has 1 aromatic heterocycles. The zero-order valence-corrected chi connectivity index (χ0v) is 15.4. The summed E-state index contributed by atoms with van der Waals surface area (Å²) in [6, 6.07) is 8.80. The molecule has 2 aromatic rings. The molecule has 0 bridgehead atoms.